The summed E-state index contributed by atoms with van der Waals surface area (Å²) >= 11 is 5.90. The van der Waals surface area contributed by atoms with Crippen LogP contribution in [-0.4, -0.2) is 16.7 Å². The quantitative estimate of drug-likeness (QED) is 0.583. The monoisotopic (exact) mass is 311 g/mol. The summed E-state index contributed by atoms with van der Waals surface area (Å²) < 4.78 is 1.85. The van der Waals surface area contributed by atoms with E-state index in [0.29, 0.717) is 10.7 Å². The van der Waals surface area contributed by atoms with Gasteiger partial charge in [0.2, 0.25) is 0 Å². The maximum Gasteiger partial charge on any atom is 0.287 e. The van der Waals surface area contributed by atoms with Crippen molar-refractivity contribution in [3.05, 3.63) is 70.9 Å². The zero-order chi connectivity index (χ0) is 15.5. The Bertz CT molecular complexity index is 867. The molecule has 3 aromatic rings. The van der Waals surface area contributed by atoms with E-state index in [4.69, 9.17) is 11.6 Å². The number of nitrogens with zero attached hydrogens (tertiary/aromatic N) is 2. The first kappa shape index (κ1) is 14.4. The van der Waals surface area contributed by atoms with E-state index in [9.17, 15) is 4.79 Å². The molecule has 4 nitrogen and oxygen atoms in total. The molecule has 1 amide bonds. The van der Waals surface area contributed by atoms with Gasteiger partial charge in [-0.15, -0.1) is 0 Å². The normalized spacial score (nSPS) is 11.2. The number of hydrogen-bond acceptors (Lipinski definition) is 2. The third kappa shape index (κ3) is 2.87. The molecule has 1 heterocycles. The van der Waals surface area contributed by atoms with Gasteiger partial charge >= 0.3 is 0 Å². The number of carbonyl (C=O) groups is 1. The van der Waals surface area contributed by atoms with Crippen LogP contribution < -0.4 is 5.43 Å². The van der Waals surface area contributed by atoms with Gasteiger partial charge in [-0.1, -0.05) is 41.9 Å². The number of rotatable bonds is 3. The fraction of sp³-hybridized carbons (Fsp3) is 0.0588. The van der Waals surface area contributed by atoms with Crippen molar-refractivity contribution < 1.29 is 4.79 Å². The van der Waals surface area contributed by atoms with E-state index >= 15 is 0 Å². The molecular formula is C17H14ClN3O. The number of halogens is 1. The van der Waals surface area contributed by atoms with Crippen LogP contribution in [0.15, 0.2) is 59.7 Å². The number of hydrogen-bond donors (Lipinski definition) is 1. The first-order valence-corrected chi connectivity index (χ1v) is 7.16. The lowest BCUT2D eigenvalue weighted by Crippen LogP contribution is -2.20. The smallest absolute Gasteiger partial charge is 0.287 e. The Hall–Kier alpha value is -2.59. The predicted octanol–water partition coefficient (Wildman–Crippen LogP) is 3.60. The molecule has 0 atom stereocenters. The lowest BCUT2D eigenvalue weighted by atomic mass is 10.2. The van der Waals surface area contributed by atoms with E-state index < -0.39 is 0 Å². The molecule has 1 N–H and O–H groups in total. The van der Waals surface area contributed by atoms with Gasteiger partial charge in [-0.3, -0.25) is 4.79 Å². The van der Waals surface area contributed by atoms with Gasteiger partial charge in [0.25, 0.3) is 5.91 Å². The van der Waals surface area contributed by atoms with Crippen LogP contribution in [0.2, 0.25) is 5.02 Å². The largest absolute Gasteiger partial charge is 0.340 e. The van der Waals surface area contributed by atoms with E-state index in [0.717, 1.165) is 16.5 Å². The summed E-state index contributed by atoms with van der Waals surface area (Å²) in [5.74, 6) is -0.253. The summed E-state index contributed by atoms with van der Waals surface area (Å²) in [5, 5.41) is 5.62. The Labute approximate surface area is 133 Å². The molecule has 0 bridgehead atoms. The van der Waals surface area contributed by atoms with Crippen molar-refractivity contribution in [2.45, 2.75) is 0 Å². The summed E-state index contributed by atoms with van der Waals surface area (Å²) in [6.07, 6.45) is 1.56. The summed E-state index contributed by atoms with van der Waals surface area (Å²) in [4.78, 5) is 12.2. The Morgan fingerprint density at radius 2 is 2.00 bits per heavy atom. The second-order valence-corrected chi connectivity index (χ2v) is 5.34. The maximum absolute atomic E-state index is 12.2. The van der Waals surface area contributed by atoms with Crippen LogP contribution in [0.3, 0.4) is 0 Å². The van der Waals surface area contributed by atoms with Crippen LogP contribution in [0.25, 0.3) is 10.9 Å². The Morgan fingerprint density at radius 3 is 2.77 bits per heavy atom. The van der Waals surface area contributed by atoms with E-state index in [2.05, 4.69) is 10.5 Å². The first-order valence-electron chi connectivity index (χ1n) is 6.78. The minimum Gasteiger partial charge on any atom is -0.340 e. The Morgan fingerprint density at radius 1 is 1.18 bits per heavy atom. The number of para-hydroxylation sites is 1. The summed E-state index contributed by atoms with van der Waals surface area (Å²) in [6.45, 7) is 0. The molecular weight excluding hydrogens is 298 g/mol. The van der Waals surface area contributed by atoms with Crippen LogP contribution in [0.4, 0.5) is 0 Å². The molecule has 0 saturated carbocycles. The molecule has 0 fully saturated rings. The fourth-order valence-corrected chi connectivity index (χ4v) is 2.52. The second kappa shape index (κ2) is 6.03. The van der Waals surface area contributed by atoms with E-state index in [1.165, 1.54) is 0 Å². The molecule has 0 aliphatic rings. The lowest BCUT2D eigenvalue weighted by Gasteiger charge is -2.02. The molecule has 110 valence electrons. The van der Waals surface area contributed by atoms with Crippen molar-refractivity contribution in [1.29, 1.82) is 0 Å². The maximum atomic E-state index is 12.2. The molecule has 5 heteroatoms. The predicted molar refractivity (Wildman–Crippen MR) is 89.4 cm³/mol. The minimum atomic E-state index is -0.253. The van der Waals surface area contributed by atoms with Gasteiger partial charge in [0, 0.05) is 23.0 Å². The number of hydrazone groups is 1. The highest BCUT2D eigenvalue weighted by Gasteiger charge is 2.11. The van der Waals surface area contributed by atoms with Gasteiger partial charge in [-0.05, 0) is 29.8 Å². The molecule has 3 rings (SSSR count). The fourth-order valence-electron chi connectivity index (χ4n) is 2.32. The van der Waals surface area contributed by atoms with Gasteiger partial charge in [0.15, 0.2) is 0 Å². The average Bonchev–Trinajstić information content (AvgIpc) is 2.85. The summed E-state index contributed by atoms with van der Waals surface area (Å²) in [7, 11) is 1.86. The third-order valence-electron chi connectivity index (χ3n) is 3.41. The van der Waals surface area contributed by atoms with Gasteiger partial charge in [-0.25, -0.2) is 5.43 Å². The lowest BCUT2D eigenvalue weighted by molar-refractivity contribution is 0.0947. The molecule has 1 aromatic heterocycles. The number of amides is 1. The molecule has 0 aliphatic heterocycles. The van der Waals surface area contributed by atoms with Gasteiger partial charge in [0.1, 0.15) is 5.69 Å². The Kier molecular flexibility index (Phi) is 3.94. The third-order valence-corrected chi connectivity index (χ3v) is 3.65. The van der Waals surface area contributed by atoms with Crippen LogP contribution >= 0.6 is 11.6 Å². The molecule has 0 unspecified atom stereocenters. The van der Waals surface area contributed by atoms with Crippen molar-refractivity contribution in [3.63, 3.8) is 0 Å². The SMILES string of the molecule is Cn1c(C(=O)N/N=C/c2cccc(Cl)c2)cc2ccccc21. The highest BCUT2D eigenvalue weighted by atomic mass is 35.5. The topological polar surface area (TPSA) is 46.4 Å². The van der Waals surface area contributed by atoms with Gasteiger partial charge in [0.05, 0.1) is 6.21 Å². The highest BCUT2D eigenvalue weighted by Crippen LogP contribution is 2.18. The molecule has 2 aromatic carbocycles. The van der Waals surface area contributed by atoms with E-state index in [1.54, 1.807) is 18.3 Å². The number of fused-ring (bicyclic) bond motifs is 1. The van der Waals surface area contributed by atoms with E-state index in [-0.39, 0.29) is 5.91 Å². The van der Waals surface area contributed by atoms with Crippen LogP contribution in [0.5, 0.6) is 0 Å². The number of nitrogens with one attached hydrogen (secondary N) is 1. The molecule has 0 radical (unpaired) electrons. The van der Waals surface area contributed by atoms with Crippen LogP contribution in [-0.2, 0) is 7.05 Å². The molecule has 22 heavy (non-hydrogen) atoms. The average molecular weight is 312 g/mol. The first-order chi connectivity index (χ1) is 10.6. The Balaban J connectivity index is 1.77. The van der Waals surface area contributed by atoms with E-state index in [1.807, 2.05) is 54.1 Å². The van der Waals surface area contributed by atoms with Crippen LogP contribution in [0.1, 0.15) is 16.1 Å². The summed E-state index contributed by atoms with van der Waals surface area (Å²) in [5.41, 5.74) is 4.92. The number of aryl methyl sites for hydroxylation is 1. The van der Waals surface area contributed by atoms with Gasteiger partial charge in [-0.2, -0.15) is 5.10 Å². The molecule has 0 spiro atoms. The van der Waals surface area contributed by atoms with Crippen molar-refractivity contribution in [3.8, 4) is 0 Å². The highest BCUT2D eigenvalue weighted by molar-refractivity contribution is 6.30. The zero-order valence-electron chi connectivity index (χ0n) is 12.0. The van der Waals surface area contributed by atoms with Crippen molar-refractivity contribution in [2.75, 3.05) is 0 Å². The van der Waals surface area contributed by atoms with Crippen molar-refractivity contribution >= 4 is 34.6 Å². The van der Waals surface area contributed by atoms with Gasteiger partial charge < -0.3 is 4.57 Å². The standard InChI is InChI=1S/C17H14ClN3O/c1-21-15-8-3-2-6-13(15)10-16(21)17(22)20-19-11-12-5-4-7-14(18)9-12/h2-11H,1H3,(H,20,22)/b19-11+. The second-order valence-electron chi connectivity index (χ2n) is 4.90. The molecule has 0 aliphatic carbocycles. The number of aromatic nitrogens is 1. The molecule has 0 saturated heterocycles. The minimum absolute atomic E-state index is 0.253. The van der Waals surface area contributed by atoms with Crippen molar-refractivity contribution in [2.24, 2.45) is 12.1 Å². The number of benzene rings is 2. The van der Waals surface area contributed by atoms with Crippen LogP contribution in [0, 0.1) is 0 Å². The van der Waals surface area contributed by atoms with Crippen molar-refractivity contribution in [1.82, 2.24) is 9.99 Å². The summed E-state index contributed by atoms with van der Waals surface area (Å²) in [6, 6.07) is 16.9. The zero-order valence-corrected chi connectivity index (χ0v) is 12.7. The number of carbonyl (C=O) groups excluding carboxylic acids is 1.